The van der Waals surface area contributed by atoms with Crippen LogP contribution >= 0.6 is 11.6 Å². The van der Waals surface area contributed by atoms with Crippen LogP contribution in [0.25, 0.3) is 0 Å². The number of nitrogens with zero attached hydrogens (tertiary/aromatic N) is 1. The van der Waals surface area contributed by atoms with Crippen LogP contribution in [0.3, 0.4) is 0 Å². The second-order valence-corrected chi connectivity index (χ2v) is 7.00. The minimum absolute atomic E-state index is 0.245. The molecule has 1 heterocycles. The molecule has 2 aromatic carbocycles. The van der Waals surface area contributed by atoms with E-state index in [0.29, 0.717) is 24.8 Å². The standard InChI is InChI=1S/C22H26ClNO3/c1-2-26-22(25)21-11-10-20(13-18(21)14-23)27-16-19-9-6-12-24(19)15-17-7-4-3-5-8-17/h3-5,7-8,10-11,13,19H,2,6,9,12,14-16H2,1H3/t19-/m0/s1. The van der Waals surface area contributed by atoms with Crippen molar-refractivity contribution >= 4 is 17.6 Å². The Kier molecular flexibility index (Phi) is 7.13. The van der Waals surface area contributed by atoms with E-state index in [4.69, 9.17) is 21.1 Å². The first-order chi connectivity index (χ1) is 13.2. The molecule has 0 aliphatic carbocycles. The Balaban J connectivity index is 1.61. The predicted octanol–water partition coefficient (Wildman–Crippen LogP) is 4.65. The normalized spacial score (nSPS) is 17.0. The summed E-state index contributed by atoms with van der Waals surface area (Å²) in [5, 5.41) is 0. The highest BCUT2D eigenvalue weighted by Gasteiger charge is 2.25. The molecule has 4 nitrogen and oxygen atoms in total. The van der Waals surface area contributed by atoms with Gasteiger partial charge in [0, 0.05) is 18.5 Å². The average Bonchev–Trinajstić information content (AvgIpc) is 3.14. The zero-order chi connectivity index (χ0) is 19.1. The van der Waals surface area contributed by atoms with Crippen LogP contribution < -0.4 is 4.74 Å². The van der Waals surface area contributed by atoms with Crippen molar-refractivity contribution in [3.05, 3.63) is 65.2 Å². The second kappa shape index (κ2) is 9.77. The molecule has 1 saturated heterocycles. The fourth-order valence-electron chi connectivity index (χ4n) is 3.48. The van der Waals surface area contributed by atoms with Crippen LogP contribution in [0.15, 0.2) is 48.5 Å². The third kappa shape index (κ3) is 5.24. The Bertz CT molecular complexity index is 750. The van der Waals surface area contributed by atoms with Gasteiger partial charge in [-0.05, 0) is 55.6 Å². The van der Waals surface area contributed by atoms with E-state index >= 15 is 0 Å². The molecule has 0 bridgehead atoms. The average molecular weight is 388 g/mol. The van der Waals surface area contributed by atoms with Gasteiger partial charge >= 0.3 is 5.97 Å². The number of benzene rings is 2. The predicted molar refractivity (Wildman–Crippen MR) is 107 cm³/mol. The van der Waals surface area contributed by atoms with E-state index in [1.807, 2.05) is 18.2 Å². The summed E-state index contributed by atoms with van der Waals surface area (Å²) >= 11 is 6.02. The molecule has 0 amide bonds. The van der Waals surface area contributed by atoms with Crippen molar-refractivity contribution in [3.8, 4) is 5.75 Å². The maximum atomic E-state index is 12.0. The number of likely N-dealkylation sites (tertiary alicyclic amines) is 1. The zero-order valence-electron chi connectivity index (χ0n) is 15.7. The van der Waals surface area contributed by atoms with E-state index in [1.165, 1.54) is 12.0 Å². The Morgan fingerprint density at radius 1 is 1.22 bits per heavy atom. The second-order valence-electron chi connectivity index (χ2n) is 6.74. The van der Waals surface area contributed by atoms with Gasteiger partial charge in [-0.25, -0.2) is 4.79 Å². The van der Waals surface area contributed by atoms with Crippen molar-refractivity contribution in [3.63, 3.8) is 0 Å². The Labute approximate surface area is 166 Å². The molecule has 5 heteroatoms. The molecule has 0 aromatic heterocycles. The summed E-state index contributed by atoms with van der Waals surface area (Å²) in [6.45, 7) is 4.81. The minimum Gasteiger partial charge on any atom is -0.492 e. The summed E-state index contributed by atoms with van der Waals surface area (Å²) in [4.78, 5) is 14.5. The smallest absolute Gasteiger partial charge is 0.338 e. The van der Waals surface area contributed by atoms with Gasteiger partial charge in [-0.2, -0.15) is 0 Å². The van der Waals surface area contributed by atoms with Gasteiger partial charge in [0.25, 0.3) is 0 Å². The van der Waals surface area contributed by atoms with Gasteiger partial charge in [0.15, 0.2) is 0 Å². The van der Waals surface area contributed by atoms with Crippen LogP contribution in [0.5, 0.6) is 5.75 Å². The van der Waals surface area contributed by atoms with E-state index in [0.717, 1.165) is 30.8 Å². The van der Waals surface area contributed by atoms with Crippen molar-refractivity contribution in [1.82, 2.24) is 4.90 Å². The number of rotatable bonds is 8. The van der Waals surface area contributed by atoms with E-state index in [-0.39, 0.29) is 11.8 Å². The lowest BCUT2D eigenvalue weighted by atomic mass is 10.1. The third-order valence-electron chi connectivity index (χ3n) is 4.89. The number of esters is 1. The molecular formula is C22H26ClNO3. The summed E-state index contributed by atoms with van der Waals surface area (Å²) in [6.07, 6.45) is 2.33. The van der Waals surface area contributed by atoms with Gasteiger partial charge in [-0.3, -0.25) is 4.90 Å². The van der Waals surface area contributed by atoms with Gasteiger partial charge in [-0.15, -0.1) is 11.6 Å². The van der Waals surface area contributed by atoms with E-state index in [9.17, 15) is 4.79 Å². The summed E-state index contributed by atoms with van der Waals surface area (Å²) in [5.74, 6) is 0.643. The molecule has 27 heavy (non-hydrogen) atoms. The lowest BCUT2D eigenvalue weighted by molar-refractivity contribution is 0.0525. The van der Waals surface area contributed by atoms with Gasteiger partial charge in [0.05, 0.1) is 12.2 Å². The van der Waals surface area contributed by atoms with E-state index in [2.05, 4.69) is 29.2 Å². The van der Waals surface area contributed by atoms with Gasteiger partial charge in [-0.1, -0.05) is 30.3 Å². The summed E-state index contributed by atoms with van der Waals surface area (Å²) in [6, 6.07) is 16.3. The van der Waals surface area contributed by atoms with Crippen LogP contribution in [-0.4, -0.2) is 36.7 Å². The zero-order valence-corrected chi connectivity index (χ0v) is 16.5. The highest BCUT2D eigenvalue weighted by Crippen LogP contribution is 2.24. The first-order valence-electron chi connectivity index (χ1n) is 9.48. The number of halogens is 1. The molecule has 0 unspecified atom stereocenters. The van der Waals surface area contributed by atoms with Gasteiger partial charge in [0.1, 0.15) is 12.4 Å². The van der Waals surface area contributed by atoms with E-state index in [1.54, 1.807) is 13.0 Å². The van der Waals surface area contributed by atoms with Crippen molar-refractivity contribution in [1.29, 1.82) is 0 Å². The Morgan fingerprint density at radius 2 is 2.04 bits per heavy atom. The Morgan fingerprint density at radius 3 is 2.78 bits per heavy atom. The molecule has 144 valence electrons. The SMILES string of the molecule is CCOC(=O)c1ccc(OC[C@@H]2CCCN2Cc2ccccc2)cc1CCl. The maximum Gasteiger partial charge on any atom is 0.338 e. The van der Waals surface area contributed by atoms with Gasteiger partial charge < -0.3 is 9.47 Å². The Hall–Kier alpha value is -2.04. The van der Waals surface area contributed by atoms with Crippen LogP contribution in [0, 0.1) is 0 Å². The molecule has 1 atom stereocenters. The van der Waals surface area contributed by atoms with Crippen LogP contribution in [0.4, 0.5) is 0 Å². The number of carbonyl (C=O) groups excluding carboxylic acids is 1. The van der Waals surface area contributed by atoms with Crippen LogP contribution in [0.1, 0.15) is 41.3 Å². The van der Waals surface area contributed by atoms with Crippen molar-refractivity contribution in [2.45, 2.75) is 38.2 Å². The number of ether oxygens (including phenoxy) is 2. The molecule has 0 spiro atoms. The molecule has 0 radical (unpaired) electrons. The largest absolute Gasteiger partial charge is 0.492 e. The highest BCUT2D eigenvalue weighted by molar-refractivity contribution is 6.17. The molecule has 0 N–H and O–H groups in total. The fourth-order valence-corrected chi connectivity index (χ4v) is 3.70. The van der Waals surface area contributed by atoms with E-state index < -0.39 is 0 Å². The van der Waals surface area contributed by atoms with Gasteiger partial charge in [0.2, 0.25) is 0 Å². The lowest BCUT2D eigenvalue weighted by Gasteiger charge is -2.24. The topological polar surface area (TPSA) is 38.8 Å². The lowest BCUT2D eigenvalue weighted by Crippen LogP contribution is -2.33. The maximum absolute atomic E-state index is 12.0. The first-order valence-corrected chi connectivity index (χ1v) is 10.0. The summed E-state index contributed by atoms with van der Waals surface area (Å²) < 4.78 is 11.1. The van der Waals surface area contributed by atoms with Crippen molar-refractivity contribution in [2.24, 2.45) is 0 Å². The van der Waals surface area contributed by atoms with Crippen molar-refractivity contribution in [2.75, 3.05) is 19.8 Å². The first kappa shape index (κ1) is 19.7. The number of alkyl halides is 1. The summed E-state index contributed by atoms with van der Waals surface area (Å²) in [5.41, 5.74) is 2.57. The number of hydrogen-bond donors (Lipinski definition) is 0. The third-order valence-corrected chi connectivity index (χ3v) is 5.17. The molecule has 1 aliphatic heterocycles. The molecule has 2 aromatic rings. The number of hydrogen-bond acceptors (Lipinski definition) is 4. The molecule has 1 aliphatic rings. The minimum atomic E-state index is -0.343. The van der Waals surface area contributed by atoms with Crippen molar-refractivity contribution < 1.29 is 14.3 Å². The fraction of sp³-hybridized carbons (Fsp3) is 0.409. The quantitative estimate of drug-likeness (QED) is 0.488. The molecule has 3 rings (SSSR count). The molecule has 0 saturated carbocycles. The number of carbonyl (C=O) groups is 1. The van der Waals surface area contributed by atoms with Crippen LogP contribution in [-0.2, 0) is 17.2 Å². The summed E-state index contributed by atoms with van der Waals surface area (Å²) in [7, 11) is 0. The molecular weight excluding hydrogens is 362 g/mol. The monoisotopic (exact) mass is 387 g/mol. The highest BCUT2D eigenvalue weighted by atomic mass is 35.5. The molecule has 1 fully saturated rings. The van der Waals surface area contributed by atoms with Crippen LogP contribution in [0.2, 0.25) is 0 Å².